The minimum Gasteiger partial charge on any atom is -0.462 e. The summed E-state index contributed by atoms with van der Waals surface area (Å²) in [5, 5.41) is 0. The summed E-state index contributed by atoms with van der Waals surface area (Å²) < 4.78 is 16.6. The minimum absolute atomic E-state index is 0.0681. The van der Waals surface area contributed by atoms with Gasteiger partial charge in [-0.05, 0) is 109 Å². The third kappa shape index (κ3) is 55.8. The van der Waals surface area contributed by atoms with Crippen LogP contribution < -0.4 is 0 Å². The first-order valence-corrected chi connectivity index (χ1v) is 28.0. The van der Waals surface area contributed by atoms with Crippen molar-refractivity contribution in [3.8, 4) is 0 Å². The number of esters is 3. The fourth-order valence-electron chi connectivity index (χ4n) is 6.95. The zero-order valence-electron chi connectivity index (χ0n) is 45.2. The maximum Gasteiger partial charge on any atom is 0.310 e. The smallest absolute Gasteiger partial charge is 0.310 e. The van der Waals surface area contributed by atoms with E-state index in [2.05, 4.69) is 154 Å². The average molecular weight is 978 g/mol. The van der Waals surface area contributed by atoms with Crippen molar-refractivity contribution in [2.24, 2.45) is 0 Å². The normalized spacial score (nSPS) is 13.3. The highest BCUT2D eigenvalue weighted by molar-refractivity contribution is 5.72. The van der Waals surface area contributed by atoms with Gasteiger partial charge in [-0.3, -0.25) is 14.4 Å². The lowest BCUT2D eigenvalue weighted by atomic mass is 10.1. The summed E-state index contributed by atoms with van der Waals surface area (Å²) in [6.45, 7) is 6.20. The molecule has 396 valence electrons. The lowest BCUT2D eigenvalue weighted by Gasteiger charge is -2.17. The Balaban J connectivity index is 4.57. The van der Waals surface area contributed by atoms with Crippen LogP contribution in [-0.4, -0.2) is 37.2 Å². The summed E-state index contributed by atoms with van der Waals surface area (Å²) in [5.74, 6) is -1.24. The van der Waals surface area contributed by atoms with Gasteiger partial charge in [0.1, 0.15) is 13.2 Å². The standard InChI is InChI=1S/C65H100O6/c1-4-7-10-13-16-19-22-25-28-29-30-31-32-33-34-35-38-40-43-46-49-52-55-58-64(67)70-61-62(71-65(68)59-56-53-50-47-44-41-37-27-24-21-18-15-12-9-6-3)60-69-63(66)57-54-51-48-45-42-39-36-26-23-20-17-14-11-8-5-2/h8-9,11-12,17-18,20-22,25-27,29-30,32-33,36-37,42,44-45,47,51,53-54,56,62H,4-7,10,13-16,19,23-24,28,31,34-35,38-41,43,46,48-50,52,55,57-61H2,1-3H3/b11-8-,12-9-,20-17-,21-18-,25-22-,30-29-,33-32-,36-26-,37-27-,45-42-,47-44-,54-51-,56-53-. The first kappa shape index (κ1) is 66.0. The average Bonchev–Trinajstić information content (AvgIpc) is 3.37. The molecule has 0 aliphatic rings. The Labute approximate surface area is 435 Å². The summed E-state index contributed by atoms with van der Waals surface area (Å²) in [7, 11) is 0. The molecule has 0 fully saturated rings. The van der Waals surface area contributed by atoms with Gasteiger partial charge in [0.15, 0.2) is 6.10 Å². The van der Waals surface area contributed by atoms with Crippen LogP contribution in [0.4, 0.5) is 0 Å². The Morgan fingerprint density at radius 2 is 0.606 bits per heavy atom. The first-order chi connectivity index (χ1) is 35.0. The number of carbonyl (C=O) groups excluding carboxylic acids is 3. The van der Waals surface area contributed by atoms with E-state index in [9.17, 15) is 14.4 Å². The third-order valence-corrected chi connectivity index (χ3v) is 11.1. The number of carbonyl (C=O) groups is 3. The largest absolute Gasteiger partial charge is 0.462 e. The molecule has 0 saturated heterocycles. The van der Waals surface area contributed by atoms with Crippen LogP contribution in [0.1, 0.15) is 213 Å². The van der Waals surface area contributed by atoms with Crippen LogP contribution in [0.2, 0.25) is 0 Å². The summed E-state index contributed by atoms with van der Waals surface area (Å²) >= 11 is 0. The molecule has 6 nitrogen and oxygen atoms in total. The highest BCUT2D eigenvalue weighted by Gasteiger charge is 2.19. The monoisotopic (exact) mass is 977 g/mol. The van der Waals surface area contributed by atoms with Crippen LogP contribution >= 0.6 is 0 Å². The predicted octanol–water partition coefficient (Wildman–Crippen LogP) is 19.0. The molecule has 0 spiro atoms. The van der Waals surface area contributed by atoms with Crippen molar-refractivity contribution >= 4 is 17.9 Å². The maximum absolute atomic E-state index is 12.8. The molecule has 0 bridgehead atoms. The minimum atomic E-state index is -0.883. The van der Waals surface area contributed by atoms with Crippen molar-refractivity contribution in [2.45, 2.75) is 219 Å². The van der Waals surface area contributed by atoms with Gasteiger partial charge in [-0.25, -0.2) is 0 Å². The SMILES string of the molecule is CC/C=C\C/C=C\C/C=C\C/C=C\C/C=C\CC(=O)OCC(COC(=O)CCCCCCCCCC/C=C\C/C=C\C/C=C\CCCCCCC)OC(=O)C/C=C\C/C=C\C/C=C\C/C=C\C/C=C\CC. The van der Waals surface area contributed by atoms with E-state index < -0.39 is 18.0 Å². The van der Waals surface area contributed by atoms with Gasteiger partial charge in [0.05, 0.1) is 12.8 Å². The van der Waals surface area contributed by atoms with E-state index in [4.69, 9.17) is 14.2 Å². The van der Waals surface area contributed by atoms with E-state index in [1.807, 2.05) is 12.2 Å². The topological polar surface area (TPSA) is 78.9 Å². The summed E-state index contributed by atoms with van der Waals surface area (Å²) in [5.41, 5.74) is 0. The molecule has 0 aliphatic heterocycles. The van der Waals surface area contributed by atoms with Crippen LogP contribution in [0.5, 0.6) is 0 Å². The quantitative estimate of drug-likeness (QED) is 0.0262. The molecule has 0 heterocycles. The van der Waals surface area contributed by atoms with E-state index in [0.717, 1.165) is 89.9 Å². The van der Waals surface area contributed by atoms with Crippen molar-refractivity contribution in [3.63, 3.8) is 0 Å². The van der Waals surface area contributed by atoms with Gasteiger partial charge in [0.25, 0.3) is 0 Å². The molecule has 0 aromatic rings. The molecule has 0 aromatic heterocycles. The van der Waals surface area contributed by atoms with Gasteiger partial charge in [0.2, 0.25) is 0 Å². The highest BCUT2D eigenvalue weighted by atomic mass is 16.6. The second-order valence-corrected chi connectivity index (χ2v) is 17.8. The fraction of sp³-hybridized carbons (Fsp3) is 0.554. The Morgan fingerprint density at radius 3 is 0.986 bits per heavy atom. The van der Waals surface area contributed by atoms with Gasteiger partial charge >= 0.3 is 17.9 Å². The molecule has 0 aromatic carbocycles. The molecule has 0 aliphatic carbocycles. The van der Waals surface area contributed by atoms with Crippen LogP contribution in [0.25, 0.3) is 0 Å². The molecule has 0 radical (unpaired) electrons. The number of unbranched alkanes of at least 4 members (excludes halogenated alkanes) is 13. The highest BCUT2D eigenvalue weighted by Crippen LogP contribution is 2.12. The van der Waals surface area contributed by atoms with Crippen LogP contribution in [0, 0.1) is 0 Å². The molecule has 0 saturated carbocycles. The Kier molecular flexibility index (Phi) is 53.6. The zero-order chi connectivity index (χ0) is 51.4. The van der Waals surface area contributed by atoms with Crippen molar-refractivity contribution in [3.05, 3.63) is 158 Å². The van der Waals surface area contributed by atoms with Crippen molar-refractivity contribution in [1.82, 2.24) is 0 Å². The van der Waals surface area contributed by atoms with Crippen molar-refractivity contribution in [2.75, 3.05) is 13.2 Å². The maximum atomic E-state index is 12.8. The molecule has 0 amide bonds. The number of hydrogen-bond acceptors (Lipinski definition) is 6. The first-order valence-electron chi connectivity index (χ1n) is 28.0. The van der Waals surface area contributed by atoms with E-state index in [-0.39, 0.29) is 32.0 Å². The molecule has 0 rings (SSSR count). The molecule has 71 heavy (non-hydrogen) atoms. The van der Waals surface area contributed by atoms with E-state index in [0.29, 0.717) is 19.3 Å². The van der Waals surface area contributed by atoms with Crippen molar-refractivity contribution in [1.29, 1.82) is 0 Å². The van der Waals surface area contributed by atoms with Crippen LogP contribution in [0.3, 0.4) is 0 Å². The molecular formula is C65H100O6. The molecule has 6 heteroatoms. The lowest BCUT2D eigenvalue weighted by molar-refractivity contribution is -0.166. The van der Waals surface area contributed by atoms with Gasteiger partial charge < -0.3 is 14.2 Å². The molecule has 1 unspecified atom stereocenters. The van der Waals surface area contributed by atoms with Gasteiger partial charge in [-0.15, -0.1) is 0 Å². The number of hydrogen-bond donors (Lipinski definition) is 0. The van der Waals surface area contributed by atoms with E-state index in [1.165, 1.54) is 70.6 Å². The van der Waals surface area contributed by atoms with Gasteiger partial charge in [-0.1, -0.05) is 243 Å². The van der Waals surface area contributed by atoms with Crippen molar-refractivity contribution < 1.29 is 28.6 Å². The summed E-state index contributed by atoms with van der Waals surface area (Å²) in [6.07, 6.45) is 84.3. The Morgan fingerprint density at radius 1 is 0.310 bits per heavy atom. The van der Waals surface area contributed by atoms with Gasteiger partial charge in [-0.2, -0.15) is 0 Å². The summed E-state index contributed by atoms with van der Waals surface area (Å²) in [6, 6.07) is 0. The van der Waals surface area contributed by atoms with Gasteiger partial charge in [0, 0.05) is 6.42 Å². The third-order valence-electron chi connectivity index (χ3n) is 11.1. The van der Waals surface area contributed by atoms with E-state index >= 15 is 0 Å². The number of rotatable bonds is 48. The number of allylic oxidation sites excluding steroid dienone is 24. The Bertz CT molecular complexity index is 1640. The predicted molar refractivity (Wildman–Crippen MR) is 306 cm³/mol. The van der Waals surface area contributed by atoms with E-state index in [1.54, 1.807) is 12.2 Å². The molecular weight excluding hydrogens is 877 g/mol. The zero-order valence-corrected chi connectivity index (χ0v) is 45.2. The summed E-state index contributed by atoms with van der Waals surface area (Å²) in [4.78, 5) is 38.0. The second kappa shape index (κ2) is 57.6. The fourth-order valence-corrected chi connectivity index (χ4v) is 6.95. The second-order valence-electron chi connectivity index (χ2n) is 17.8. The molecule has 0 N–H and O–H groups in total. The Hall–Kier alpha value is -4.97. The van der Waals surface area contributed by atoms with Crippen LogP contribution in [-0.2, 0) is 28.6 Å². The lowest BCUT2D eigenvalue weighted by Crippen LogP contribution is -2.30. The number of ether oxygens (including phenoxy) is 3. The molecule has 1 atom stereocenters. The van der Waals surface area contributed by atoms with Crippen LogP contribution in [0.15, 0.2) is 158 Å².